The fraction of sp³-hybridized carbons (Fsp3) is 0.520. The number of halogens is 1. The molecule has 0 unspecified atom stereocenters. The van der Waals surface area contributed by atoms with Crippen LogP contribution < -0.4 is 0 Å². The Kier molecular flexibility index (Phi) is 7.49. The zero-order valence-electron chi connectivity index (χ0n) is 20.3. The quantitative estimate of drug-likeness (QED) is 0.497. The van der Waals surface area contributed by atoms with E-state index in [0.717, 1.165) is 5.69 Å². The van der Waals surface area contributed by atoms with Crippen LogP contribution in [0.1, 0.15) is 87.6 Å². The molecule has 1 aromatic carbocycles. The second kappa shape index (κ2) is 9.21. The molecule has 0 fully saturated rings. The smallest absolute Gasteiger partial charge is 0.327 e. The van der Waals surface area contributed by atoms with Crippen LogP contribution in [0.3, 0.4) is 0 Å². The van der Waals surface area contributed by atoms with Crippen molar-refractivity contribution >= 4 is 14.3 Å². The molecule has 0 aliphatic rings. The molecular formula is C25H36FNO3Si. The van der Waals surface area contributed by atoms with Gasteiger partial charge in [0.2, 0.25) is 0 Å². The van der Waals surface area contributed by atoms with E-state index in [9.17, 15) is 14.3 Å². The number of rotatable bonds is 6. The standard InChI is InChI=1S/C25H36FNO3Si/c1-15(2)22-19(14-28)20(17-10-12-18(26)13-11-17)21(23(27-22)16(3)4)24(29)30-31(8,9)25(5,6)7/h10-13,15-16,28H,14H2,1-9H3. The van der Waals surface area contributed by atoms with Crippen molar-refractivity contribution in [1.82, 2.24) is 4.98 Å². The van der Waals surface area contributed by atoms with Crippen LogP contribution in [0.15, 0.2) is 24.3 Å². The first-order valence-electron chi connectivity index (χ1n) is 10.9. The zero-order chi connectivity index (χ0) is 23.7. The molecule has 6 heteroatoms. The summed E-state index contributed by atoms with van der Waals surface area (Å²) in [6.07, 6.45) is 0. The lowest BCUT2D eigenvalue weighted by atomic mass is 9.87. The van der Waals surface area contributed by atoms with Gasteiger partial charge in [-0.05, 0) is 47.7 Å². The van der Waals surface area contributed by atoms with Crippen LogP contribution >= 0.6 is 0 Å². The predicted octanol–water partition coefficient (Wildman–Crippen LogP) is 6.79. The molecule has 2 rings (SSSR count). The topological polar surface area (TPSA) is 59.4 Å². The molecule has 0 saturated heterocycles. The Balaban J connectivity index is 2.89. The van der Waals surface area contributed by atoms with Crippen molar-refractivity contribution in [2.24, 2.45) is 0 Å². The van der Waals surface area contributed by atoms with E-state index >= 15 is 0 Å². The Bertz CT molecular complexity index is 945. The number of aliphatic hydroxyl groups is 1. The Labute approximate surface area is 187 Å². The van der Waals surface area contributed by atoms with Gasteiger partial charge in [-0.2, -0.15) is 0 Å². The number of benzene rings is 1. The van der Waals surface area contributed by atoms with Gasteiger partial charge in [0.25, 0.3) is 8.32 Å². The highest BCUT2D eigenvalue weighted by atomic mass is 28.4. The molecule has 1 aromatic heterocycles. The zero-order valence-corrected chi connectivity index (χ0v) is 21.3. The number of hydrogen-bond acceptors (Lipinski definition) is 4. The molecule has 0 bridgehead atoms. The average Bonchev–Trinajstić information content (AvgIpc) is 2.65. The van der Waals surface area contributed by atoms with Crippen LogP contribution in [0.25, 0.3) is 11.1 Å². The number of aliphatic hydroxyl groups excluding tert-OH is 1. The molecular weight excluding hydrogens is 409 g/mol. The van der Waals surface area contributed by atoms with E-state index in [1.807, 2.05) is 40.8 Å². The lowest BCUT2D eigenvalue weighted by Gasteiger charge is -2.36. The predicted molar refractivity (Wildman–Crippen MR) is 126 cm³/mol. The van der Waals surface area contributed by atoms with Crippen LogP contribution in [0.4, 0.5) is 4.39 Å². The van der Waals surface area contributed by atoms with Gasteiger partial charge >= 0.3 is 5.97 Å². The number of carbonyl (C=O) groups is 1. The molecule has 0 radical (unpaired) electrons. The van der Waals surface area contributed by atoms with Crippen LogP contribution in [0.2, 0.25) is 18.1 Å². The second-order valence-corrected chi connectivity index (χ2v) is 15.0. The highest BCUT2D eigenvalue weighted by molar-refractivity contribution is 6.75. The van der Waals surface area contributed by atoms with Crippen LogP contribution in [0, 0.1) is 5.82 Å². The SMILES string of the molecule is CC(C)c1nc(C(C)C)c(C(=O)O[Si](C)(C)C(C)(C)C)c(-c2ccc(F)cc2)c1CO. The third kappa shape index (κ3) is 5.24. The largest absolute Gasteiger partial charge is 0.516 e. The van der Waals surface area contributed by atoms with Crippen molar-refractivity contribution in [1.29, 1.82) is 0 Å². The lowest BCUT2D eigenvalue weighted by molar-refractivity contribution is 0.0711. The minimum Gasteiger partial charge on any atom is -0.516 e. The van der Waals surface area contributed by atoms with Gasteiger partial charge in [0.1, 0.15) is 5.82 Å². The van der Waals surface area contributed by atoms with E-state index in [4.69, 9.17) is 9.41 Å². The maximum absolute atomic E-state index is 13.7. The molecule has 0 saturated carbocycles. The Morgan fingerprint density at radius 1 is 1.06 bits per heavy atom. The Morgan fingerprint density at radius 2 is 1.58 bits per heavy atom. The van der Waals surface area contributed by atoms with Crippen LogP contribution in [-0.4, -0.2) is 24.4 Å². The van der Waals surface area contributed by atoms with Crippen molar-refractivity contribution in [3.05, 3.63) is 52.6 Å². The number of hydrogen-bond donors (Lipinski definition) is 1. The van der Waals surface area contributed by atoms with Gasteiger partial charge < -0.3 is 9.53 Å². The van der Waals surface area contributed by atoms with Crippen LogP contribution in [0.5, 0.6) is 0 Å². The molecule has 0 aliphatic carbocycles. The van der Waals surface area contributed by atoms with E-state index in [2.05, 4.69) is 20.8 Å². The highest BCUT2D eigenvalue weighted by Gasteiger charge is 2.42. The molecule has 4 nitrogen and oxygen atoms in total. The first-order valence-corrected chi connectivity index (χ1v) is 13.8. The molecule has 0 amide bonds. The summed E-state index contributed by atoms with van der Waals surface area (Å²) in [7, 11) is -2.40. The first-order chi connectivity index (χ1) is 14.2. The highest BCUT2D eigenvalue weighted by Crippen LogP contribution is 2.40. The summed E-state index contributed by atoms with van der Waals surface area (Å²) in [4.78, 5) is 18.5. The van der Waals surface area contributed by atoms with Gasteiger partial charge in [0, 0.05) is 16.8 Å². The van der Waals surface area contributed by atoms with Gasteiger partial charge in [-0.25, -0.2) is 9.18 Å². The summed E-state index contributed by atoms with van der Waals surface area (Å²) in [6.45, 7) is 18.0. The number of nitrogens with zero attached hydrogens (tertiary/aromatic N) is 1. The number of aromatic nitrogens is 1. The molecule has 170 valence electrons. The number of pyridine rings is 1. The number of carbonyl (C=O) groups excluding carboxylic acids is 1. The molecule has 2 aromatic rings. The maximum Gasteiger partial charge on any atom is 0.327 e. The fourth-order valence-corrected chi connectivity index (χ4v) is 4.16. The van der Waals surface area contributed by atoms with E-state index < -0.39 is 14.3 Å². The molecule has 1 N–H and O–H groups in total. The van der Waals surface area contributed by atoms with Gasteiger partial charge in [-0.3, -0.25) is 4.98 Å². The van der Waals surface area contributed by atoms with E-state index in [1.54, 1.807) is 12.1 Å². The van der Waals surface area contributed by atoms with Crippen molar-refractivity contribution in [3.8, 4) is 11.1 Å². The van der Waals surface area contributed by atoms with E-state index in [0.29, 0.717) is 27.9 Å². The molecule has 1 heterocycles. The molecule has 0 aliphatic heterocycles. The molecule has 0 spiro atoms. The van der Waals surface area contributed by atoms with Crippen molar-refractivity contribution in [3.63, 3.8) is 0 Å². The molecule has 0 atom stereocenters. The second-order valence-electron chi connectivity index (χ2n) is 10.2. The van der Waals surface area contributed by atoms with Crippen molar-refractivity contribution in [2.75, 3.05) is 0 Å². The maximum atomic E-state index is 13.7. The fourth-order valence-electron chi connectivity index (χ4n) is 3.29. The van der Waals surface area contributed by atoms with Crippen LogP contribution in [-0.2, 0) is 11.0 Å². The normalized spacial score (nSPS) is 12.5. The minimum absolute atomic E-state index is 0.0357. The average molecular weight is 446 g/mol. The summed E-state index contributed by atoms with van der Waals surface area (Å²) in [5.41, 5.74) is 3.61. The summed E-state index contributed by atoms with van der Waals surface area (Å²) in [6, 6.07) is 6.01. The first kappa shape index (κ1) is 25.2. The van der Waals surface area contributed by atoms with E-state index in [-0.39, 0.29) is 29.3 Å². The molecule has 31 heavy (non-hydrogen) atoms. The summed E-state index contributed by atoms with van der Waals surface area (Å²) >= 11 is 0. The Hall–Kier alpha value is -2.05. The monoisotopic (exact) mass is 445 g/mol. The van der Waals surface area contributed by atoms with Crippen molar-refractivity contribution < 1.29 is 18.7 Å². The third-order valence-electron chi connectivity index (χ3n) is 6.10. The van der Waals surface area contributed by atoms with Crippen molar-refractivity contribution in [2.45, 2.75) is 85.0 Å². The third-order valence-corrected chi connectivity index (χ3v) is 10.4. The van der Waals surface area contributed by atoms with E-state index in [1.165, 1.54) is 12.1 Å². The summed E-state index contributed by atoms with van der Waals surface area (Å²) in [5.74, 6) is -0.773. The van der Waals surface area contributed by atoms with Gasteiger partial charge in [0.15, 0.2) is 0 Å². The van der Waals surface area contributed by atoms with Gasteiger partial charge in [-0.1, -0.05) is 60.6 Å². The summed E-state index contributed by atoms with van der Waals surface area (Å²) < 4.78 is 19.8. The summed E-state index contributed by atoms with van der Waals surface area (Å²) in [5, 5.41) is 10.2. The van der Waals surface area contributed by atoms with Gasteiger partial charge in [0.05, 0.1) is 17.9 Å². The minimum atomic E-state index is -2.40. The lowest BCUT2D eigenvalue weighted by Crippen LogP contribution is -2.43. The van der Waals surface area contributed by atoms with Gasteiger partial charge in [-0.15, -0.1) is 0 Å². The Morgan fingerprint density at radius 3 is 2.00 bits per heavy atom.